The number of amides is 1. The third-order valence-electron chi connectivity index (χ3n) is 3.73. The van der Waals surface area contributed by atoms with E-state index in [9.17, 15) is 9.59 Å². The number of benzene rings is 1. The predicted octanol–water partition coefficient (Wildman–Crippen LogP) is 3.55. The van der Waals surface area contributed by atoms with E-state index in [-0.39, 0.29) is 5.91 Å². The molecule has 4 nitrogen and oxygen atoms in total. The van der Waals surface area contributed by atoms with E-state index in [0.29, 0.717) is 6.42 Å². The van der Waals surface area contributed by atoms with Crippen molar-refractivity contribution in [3.8, 4) is 0 Å². The largest absolute Gasteiger partial charge is 0.480 e. The van der Waals surface area contributed by atoms with Crippen LogP contribution in [0.3, 0.4) is 0 Å². The molecule has 0 unspecified atom stereocenters. The number of hydrogen-bond donors (Lipinski definition) is 2. The van der Waals surface area contributed by atoms with Gasteiger partial charge in [-0.15, -0.1) is 0 Å². The van der Waals surface area contributed by atoms with Crippen molar-refractivity contribution in [1.29, 1.82) is 0 Å². The average Bonchev–Trinajstić information content (AvgIpc) is 2.49. The fourth-order valence-corrected chi connectivity index (χ4v) is 2.53. The number of nitrogens with one attached hydrogen (secondary N) is 1. The molecule has 1 atom stereocenters. The molecule has 1 amide bonds. The topological polar surface area (TPSA) is 66.4 Å². The van der Waals surface area contributed by atoms with Gasteiger partial charge in [-0.3, -0.25) is 4.79 Å². The van der Waals surface area contributed by atoms with Gasteiger partial charge in [0.2, 0.25) is 5.91 Å². The summed E-state index contributed by atoms with van der Waals surface area (Å²) in [7, 11) is 0. The lowest BCUT2D eigenvalue weighted by Gasteiger charge is -2.12. The van der Waals surface area contributed by atoms with E-state index < -0.39 is 12.0 Å². The van der Waals surface area contributed by atoms with Gasteiger partial charge in [0.1, 0.15) is 6.04 Å². The summed E-state index contributed by atoms with van der Waals surface area (Å²) in [6.07, 6.45) is 8.23. The number of aryl methyl sites for hydroxylation is 1. The highest BCUT2D eigenvalue weighted by Gasteiger charge is 2.17. The molecule has 0 heterocycles. The molecule has 0 spiro atoms. The highest BCUT2D eigenvalue weighted by atomic mass is 16.4. The minimum absolute atomic E-state index is 0.284. The molecule has 0 saturated heterocycles. The third-order valence-corrected chi connectivity index (χ3v) is 3.73. The van der Waals surface area contributed by atoms with Gasteiger partial charge in [-0.25, -0.2) is 4.79 Å². The first-order valence-corrected chi connectivity index (χ1v) is 8.13. The summed E-state index contributed by atoms with van der Waals surface area (Å²) in [4.78, 5) is 21.9. The van der Waals surface area contributed by atoms with Crippen LogP contribution in [0.1, 0.15) is 57.4 Å². The summed E-state index contributed by atoms with van der Waals surface area (Å²) in [5, 5.41) is 11.5. The third kappa shape index (κ3) is 8.45. The summed E-state index contributed by atoms with van der Waals surface area (Å²) in [5.41, 5.74) is 1.39. The maximum atomic E-state index is 11.0. The van der Waals surface area contributed by atoms with Crippen molar-refractivity contribution in [3.05, 3.63) is 35.9 Å². The number of carbonyl (C=O) groups excluding carboxylic acids is 1. The summed E-state index contributed by atoms with van der Waals surface area (Å²) in [6, 6.07) is 9.76. The van der Waals surface area contributed by atoms with Crippen molar-refractivity contribution >= 4 is 11.9 Å². The van der Waals surface area contributed by atoms with Gasteiger partial charge in [-0.05, 0) is 24.8 Å². The van der Waals surface area contributed by atoms with E-state index in [1.807, 2.05) is 6.07 Å². The van der Waals surface area contributed by atoms with Gasteiger partial charge in [0, 0.05) is 6.92 Å². The monoisotopic (exact) mass is 305 g/mol. The number of rotatable bonds is 11. The van der Waals surface area contributed by atoms with E-state index in [1.54, 1.807) is 0 Å². The SMILES string of the molecule is CC(=O)N[C@H](CCCCCCCCc1ccccc1)C(=O)O. The zero-order chi connectivity index (χ0) is 16.2. The molecule has 0 radical (unpaired) electrons. The van der Waals surface area contributed by atoms with Crippen LogP contribution in [0.15, 0.2) is 30.3 Å². The van der Waals surface area contributed by atoms with Gasteiger partial charge in [0.05, 0.1) is 0 Å². The minimum Gasteiger partial charge on any atom is -0.480 e. The maximum Gasteiger partial charge on any atom is 0.326 e. The second-order valence-corrected chi connectivity index (χ2v) is 5.74. The Morgan fingerprint density at radius 3 is 2.18 bits per heavy atom. The first kappa shape index (κ1) is 18.2. The van der Waals surface area contributed by atoms with Gasteiger partial charge in [0.15, 0.2) is 0 Å². The van der Waals surface area contributed by atoms with Crippen LogP contribution in [-0.4, -0.2) is 23.0 Å². The fraction of sp³-hybridized carbons (Fsp3) is 0.556. The van der Waals surface area contributed by atoms with Crippen LogP contribution in [0.2, 0.25) is 0 Å². The molecule has 4 heteroatoms. The highest BCUT2D eigenvalue weighted by molar-refractivity contribution is 5.81. The molecule has 22 heavy (non-hydrogen) atoms. The van der Waals surface area contributed by atoms with Crippen LogP contribution in [0.4, 0.5) is 0 Å². The highest BCUT2D eigenvalue weighted by Crippen LogP contribution is 2.11. The van der Waals surface area contributed by atoms with Crippen LogP contribution in [0, 0.1) is 0 Å². The fourth-order valence-electron chi connectivity index (χ4n) is 2.53. The van der Waals surface area contributed by atoms with Crippen LogP contribution >= 0.6 is 0 Å². The van der Waals surface area contributed by atoms with Crippen molar-refractivity contribution < 1.29 is 14.7 Å². The quantitative estimate of drug-likeness (QED) is 0.614. The molecule has 1 aromatic rings. The first-order chi connectivity index (χ1) is 10.6. The summed E-state index contributed by atoms with van der Waals surface area (Å²) >= 11 is 0. The normalized spacial score (nSPS) is 11.9. The van der Waals surface area contributed by atoms with Crippen molar-refractivity contribution in [2.24, 2.45) is 0 Å². The van der Waals surface area contributed by atoms with E-state index >= 15 is 0 Å². The summed E-state index contributed by atoms with van der Waals surface area (Å²) in [6.45, 7) is 1.35. The Morgan fingerprint density at radius 2 is 1.59 bits per heavy atom. The molecule has 0 fully saturated rings. The molecule has 0 saturated carbocycles. The smallest absolute Gasteiger partial charge is 0.326 e. The molecule has 1 aromatic carbocycles. The number of carbonyl (C=O) groups is 2. The molecule has 0 bridgehead atoms. The lowest BCUT2D eigenvalue weighted by molar-refractivity contribution is -0.141. The van der Waals surface area contributed by atoms with E-state index in [2.05, 4.69) is 29.6 Å². The number of aliphatic carboxylic acids is 1. The lowest BCUT2D eigenvalue weighted by atomic mass is 10.0. The van der Waals surface area contributed by atoms with Crippen LogP contribution in [0.5, 0.6) is 0 Å². The van der Waals surface area contributed by atoms with Gasteiger partial charge in [0.25, 0.3) is 0 Å². The Morgan fingerprint density at radius 1 is 1.00 bits per heavy atom. The number of hydrogen-bond acceptors (Lipinski definition) is 2. The zero-order valence-corrected chi connectivity index (χ0v) is 13.4. The second-order valence-electron chi connectivity index (χ2n) is 5.74. The van der Waals surface area contributed by atoms with Crippen LogP contribution < -0.4 is 5.32 Å². The Bertz CT molecular complexity index is 445. The number of carboxylic acids is 1. The Balaban J connectivity index is 2.00. The molecule has 0 aromatic heterocycles. The molecule has 0 aliphatic heterocycles. The van der Waals surface area contributed by atoms with E-state index in [4.69, 9.17) is 5.11 Å². The van der Waals surface area contributed by atoms with Gasteiger partial charge < -0.3 is 10.4 Å². The van der Waals surface area contributed by atoms with Crippen LogP contribution in [0.25, 0.3) is 0 Å². The standard InChI is InChI=1S/C18H27NO3/c1-15(20)19-17(18(21)22)14-10-5-3-2-4-7-11-16-12-8-6-9-13-16/h6,8-9,12-13,17H,2-5,7,10-11,14H2,1H3,(H,19,20)(H,21,22)/t17-/m1/s1. The average molecular weight is 305 g/mol. The van der Waals surface area contributed by atoms with Crippen LogP contribution in [-0.2, 0) is 16.0 Å². The van der Waals surface area contributed by atoms with Gasteiger partial charge >= 0.3 is 5.97 Å². The van der Waals surface area contributed by atoms with Gasteiger partial charge in [-0.1, -0.05) is 62.4 Å². The molecule has 0 aliphatic carbocycles. The van der Waals surface area contributed by atoms with Gasteiger partial charge in [-0.2, -0.15) is 0 Å². The second kappa shape index (κ2) is 10.8. The van der Waals surface area contributed by atoms with Crippen molar-refractivity contribution in [3.63, 3.8) is 0 Å². The molecule has 122 valence electrons. The summed E-state index contributed by atoms with van der Waals surface area (Å²) in [5.74, 6) is -1.23. The van der Waals surface area contributed by atoms with E-state index in [0.717, 1.165) is 25.7 Å². The Kier molecular flexibility index (Phi) is 8.96. The first-order valence-electron chi connectivity index (χ1n) is 8.13. The summed E-state index contributed by atoms with van der Waals surface area (Å²) < 4.78 is 0. The van der Waals surface area contributed by atoms with Crippen molar-refractivity contribution in [2.75, 3.05) is 0 Å². The van der Waals surface area contributed by atoms with E-state index in [1.165, 1.54) is 31.7 Å². The zero-order valence-electron chi connectivity index (χ0n) is 13.4. The Hall–Kier alpha value is -1.84. The number of carboxylic acid groups (broad SMARTS) is 1. The number of unbranched alkanes of at least 4 members (excludes halogenated alkanes) is 5. The predicted molar refractivity (Wildman–Crippen MR) is 87.7 cm³/mol. The molecular formula is C18H27NO3. The Labute approximate surface area is 132 Å². The van der Waals surface area contributed by atoms with Crippen molar-refractivity contribution in [2.45, 2.75) is 64.3 Å². The maximum absolute atomic E-state index is 11.0. The molecule has 0 aliphatic rings. The molecule has 2 N–H and O–H groups in total. The molecular weight excluding hydrogens is 278 g/mol. The molecule has 1 rings (SSSR count). The minimum atomic E-state index is -0.946. The lowest BCUT2D eigenvalue weighted by Crippen LogP contribution is -2.39. The van der Waals surface area contributed by atoms with Crippen molar-refractivity contribution in [1.82, 2.24) is 5.32 Å².